The molecule has 2 aliphatic rings. The first-order chi connectivity index (χ1) is 13.6. The van der Waals surface area contributed by atoms with E-state index in [1.807, 2.05) is 0 Å². The van der Waals surface area contributed by atoms with Gasteiger partial charge in [-0.25, -0.2) is 9.71 Å². The van der Waals surface area contributed by atoms with Crippen molar-refractivity contribution in [2.75, 3.05) is 0 Å². The highest BCUT2D eigenvalue weighted by Gasteiger charge is 2.30. The van der Waals surface area contributed by atoms with E-state index >= 15 is 0 Å². The lowest BCUT2D eigenvalue weighted by Crippen LogP contribution is -2.32. The molecule has 0 spiro atoms. The molecular formula is C20H23ClN2O4S2. The molecule has 2 aliphatic carbocycles. The number of rotatable bonds is 5. The molecule has 9 heteroatoms. The van der Waals surface area contributed by atoms with Crippen molar-refractivity contribution in [2.45, 2.75) is 68.7 Å². The second-order valence-electron chi connectivity index (χ2n) is 8.17. The third kappa shape index (κ3) is 3.83. The van der Waals surface area contributed by atoms with Crippen LogP contribution in [0.25, 0.3) is 0 Å². The summed E-state index contributed by atoms with van der Waals surface area (Å²) in [7, 11) is -4.08. The summed E-state index contributed by atoms with van der Waals surface area (Å²) in [6.45, 7) is 3.11. The number of aliphatic hydroxyl groups is 1. The van der Waals surface area contributed by atoms with Crippen LogP contribution < -0.4 is 4.72 Å². The van der Waals surface area contributed by atoms with Crippen molar-refractivity contribution < 1.29 is 18.3 Å². The van der Waals surface area contributed by atoms with Gasteiger partial charge in [-0.05, 0) is 80.2 Å². The highest BCUT2D eigenvalue weighted by molar-refractivity contribution is 7.92. The van der Waals surface area contributed by atoms with Crippen LogP contribution in [0.1, 0.15) is 59.4 Å². The zero-order valence-electron chi connectivity index (χ0n) is 16.3. The Morgan fingerprint density at radius 2 is 1.72 bits per heavy atom. The minimum absolute atomic E-state index is 0.0186. The van der Waals surface area contributed by atoms with Crippen LogP contribution in [0, 0.1) is 0 Å². The Kier molecular flexibility index (Phi) is 5.26. The first kappa shape index (κ1) is 20.8. The van der Waals surface area contributed by atoms with Crippen LogP contribution in [0.15, 0.2) is 10.5 Å². The Bertz CT molecular complexity index is 1070. The second kappa shape index (κ2) is 7.34. The number of halogens is 1. The number of nitrogens with zero attached hydrogens (tertiary/aromatic N) is 1. The maximum Gasteiger partial charge on any atom is 0.291 e. The Hall–Kier alpha value is -1.48. The highest BCUT2D eigenvalue weighted by atomic mass is 35.5. The van der Waals surface area contributed by atoms with Crippen LogP contribution in [0.5, 0.6) is 0 Å². The lowest BCUT2D eigenvalue weighted by molar-refractivity contribution is -0.118. The van der Waals surface area contributed by atoms with E-state index in [1.54, 1.807) is 13.8 Å². The molecule has 0 saturated carbocycles. The maximum absolute atomic E-state index is 12.7. The van der Waals surface area contributed by atoms with Crippen molar-refractivity contribution in [3.63, 3.8) is 0 Å². The van der Waals surface area contributed by atoms with Gasteiger partial charge in [-0.1, -0.05) is 11.6 Å². The summed E-state index contributed by atoms with van der Waals surface area (Å²) in [5.41, 5.74) is 4.28. The predicted molar refractivity (Wildman–Crippen MR) is 112 cm³/mol. The van der Waals surface area contributed by atoms with E-state index in [4.69, 9.17) is 11.6 Å². The molecule has 1 amide bonds. The summed E-state index contributed by atoms with van der Waals surface area (Å²) in [6, 6.07) is 0. The van der Waals surface area contributed by atoms with Gasteiger partial charge in [0.1, 0.15) is 0 Å². The van der Waals surface area contributed by atoms with Crippen LogP contribution in [-0.4, -0.2) is 24.4 Å². The van der Waals surface area contributed by atoms with Crippen molar-refractivity contribution in [3.8, 4) is 0 Å². The average molecular weight is 455 g/mol. The largest absolute Gasteiger partial charge is 0.385 e. The number of carbonyl (C=O) groups is 1. The predicted octanol–water partition coefficient (Wildman–Crippen LogP) is 3.05. The number of hydrogen-bond donors (Lipinski definition) is 2. The number of aromatic nitrogens is 1. The monoisotopic (exact) mass is 454 g/mol. The maximum atomic E-state index is 12.7. The SMILES string of the molecule is CC(C)(O)c1cnc(S(=O)(=O)NC(=O)Cc2c3c(c(Cl)c4c2CCC4)CCC3)s1. The first-order valence-corrected chi connectivity index (χ1v) is 12.3. The van der Waals surface area contributed by atoms with Crippen LogP contribution in [0.3, 0.4) is 0 Å². The summed E-state index contributed by atoms with van der Waals surface area (Å²) in [4.78, 5) is 17.0. The quantitative estimate of drug-likeness (QED) is 0.723. The smallest absolute Gasteiger partial charge is 0.291 e. The van der Waals surface area contributed by atoms with Gasteiger partial charge in [0.2, 0.25) is 10.2 Å². The summed E-state index contributed by atoms with van der Waals surface area (Å²) in [6.07, 6.45) is 6.92. The molecule has 156 valence electrons. The molecule has 0 fully saturated rings. The second-order valence-corrected chi connectivity index (χ2v) is 11.4. The Morgan fingerprint density at radius 1 is 1.17 bits per heavy atom. The van der Waals surface area contributed by atoms with Gasteiger partial charge in [-0.2, -0.15) is 8.42 Å². The van der Waals surface area contributed by atoms with Gasteiger partial charge in [0.25, 0.3) is 10.0 Å². The van der Waals surface area contributed by atoms with Crippen molar-refractivity contribution in [3.05, 3.63) is 43.9 Å². The summed E-state index contributed by atoms with van der Waals surface area (Å²) < 4.78 is 27.1. The number of amides is 1. The van der Waals surface area contributed by atoms with E-state index < -0.39 is 21.5 Å². The van der Waals surface area contributed by atoms with Crippen molar-refractivity contribution >= 4 is 38.9 Å². The van der Waals surface area contributed by atoms with Gasteiger partial charge in [-0.3, -0.25) is 4.79 Å². The molecular weight excluding hydrogens is 432 g/mol. The fourth-order valence-electron chi connectivity index (χ4n) is 4.27. The van der Waals surface area contributed by atoms with Crippen molar-refractivity contribution in [1.82, 2.24) is 9.71 Å². The lowest BCUT2D eigenvalue weighted by atomic mass is 9.92. The molecule has 0 saturated heterocycles. The Labute approximate surface area is 179 Å². The van der Waals surface area contributed by atoms with Crippen LogP contribution in [-0.2, 0) is 52.5 Å². The summed E-state index contributed by atoms with van der Waals surface area (Å²) >= 11 is 7.47. The zero-order chi connectivity index (χ0) is 21.0. The molecule has 1 aromatic heterocycles. The van der Waals surface area contributed by atoms with Gasteiger partial charge in [0.05, 0.1) is 16.9 Å². The number of fused-ring (bicyclic) bond motifs is 2. The van der Waals surface area contributed by atoms with Gasteiger partial charge < -0.3 is 5.11 Å². The van der Waals surface area contributed by atoms with E-state index in [0.717, 1.165) is 82.7 Å². The van der Waals surface area contributed by atoms with E-state index in [9.17, 15) is 18.3 Å². The molecule has 0 aliphatic heterocycles. The first-order valence-electron chi connectivity index (χ1n) is 9.66. The summed E-state index contributed by atoms with van der Waals surface area (Å²) in [5, 5.41) is 10.9. The van der Waals surface area contributed by atoms with Crippen molar-refractivity contribution in [1.29, 1.82) is 0 Å². The lowest BCUT2D eigenvalue weighted by Gasteiger charge is -2.17. The third-order valence-electron chi connectivity index (χ3n) is 5.60. The Balaban J connectivity index is 1.59. The number of hydrogen-bond acceptors (Lipinski definition) is 6. The van der Waals surface area contributed by atoms with Crippen molar-refractivity contribution in [2.24, 2.45) is 0 Å². The van der Waals surface area contributed by atoms with Gasteiger partial charge in [0, 0.05) is 11.2 Å². The minimum atomic E-state index is -4.08. The number of benzene rings is 1. The normalized spacial score (nSPS) is 16.0. The summed E-state index contributed by atoms with van der Waals surface area (Å²) in [5.74, 6) is -0.574. The van der Waals surface area contributed by atoms with Gasteiger partial charge >= 0.3 is 0 Å². The van der Waals surface area contributed by atoms with Gasteiger partial charge in [-0.15, -0.1) is 11.3 Å². The number of nitrogens with one attached hydrogen (secondary N) is 1. The van der Waals surface area contributed by atoms with Crippen LogP contribution in [0.4, 0.5) is 0 Å². The van der Waals surface area contributed by atoms with E-state index in [2.05, 4.69) is 9.71 Å². The molecule has 1 aromatic carbocycles. The standard InChI is InChI=1S/C20H23ClN2O4S2/c1-20(2,25)16-10-22-19(28-16)29(26,27)23-17(24)9-15-11-5-3-7-13(11)18(21)14-8-4-6-12(14)15/h10,25H,3-9H2,1-2H3,(H,23,24). The molecule has 2 N–H and O–H groups in total. The van der Waals surface area contributed by atoms with E-state index in [0.29, 0.717) is 4.88 Å². The third-order valence-corrected chi connectivity index (χ3v) is 9.13. The fraction of sp³-hybridized carbons (Fsp3) is 0.500. The molecule has 0 bridgehead atoms. The molecule has 29 heavy (non-hydrogen) atoms. The Morgan fingerprint density at radius 3 is 2.24 bits per heavy atom. The van der Waals surface area contributed by atoms with Gasteiger partial charge in [0.15, 0.2) is 0 Å². The molecule has 0 radical (unpaired) electrons. The van der Waals surface area contributed by atoms with E-state index in [1.165, 1.54) is 6.20 Å². The molecule has 6 nitrogen and oxygen atoms in total. The molecule has 2 aromatic rings. The molecule has 4 rings (SSSR count). The molecule has 1 heterocycles. The number of thiazole rings is 1. The minimum Gasteiger partial charge on any atom is -0.385 e. The molecule has 0 atom stereocenters. The van der Waals surface area contributed by atoms with Crippen LogP contribution in [0.2, 0.25) is 5.02 Å². The zero-order valence-corrected chi connectivity index (χ0v) is 18.7. The number of sulfonamides is 1. The average Bonchev–Trinajstić information content (AvgIpc) is 3.37. The number of carbonyl (C=O) groups excluding carboxylic acids is 1. The highest BCUT2D eigenvalue weighted by Crippen LogP contribution is 2.41. The molecule has 0 unspecified atom stereocenters. The fourth-order valence-corrected chi connectivity index (χ4v) is 6.82. The van der Waals surface area contributed by atoms with Crippen LogP contribution >= 0.6 is 22.9 Å². The topological polar surface area (TPSA) is 96.4 Å². The van der Waals surface area contributed by atoms with E-state index in [-0.39, 0.29) is 10.8 Å².